The second-order valence-corrected chi connectivity index (χ2v) is 9.27. The van der Waals surface area contributed by atoms with Crippen molar-refractivity contribution < 1.29 is 22.7 Å². The molecule has 2 N–H and O–H groups in total. The van der Waals surface area contributed by atoms with Gasteiger partial charge in [0, 0.05) is 5.56 Å². The minimum Gasteiger partial charge on any atom is -0.468 e. The standard InChI is InChI=1S/C21H17N3O5S2/c1-29-19(25)12-24-17-9-8-16(31(22,27)28)11-18(17)30-21(24)23-20(26)15-7-6-13-4-2-3-5-14(13)10-15/h2-11H,12H2,1H3,(H2,22,27,28). The number of esters is 1. The smallest absolute Gasteiger partial charge is 0.325 e. The van der Waals surface area contributed by atoms with Crippen LogP contribution in [0.5, 0.6) is 0 Å². The quantitative estimate of drug-likeness (QED) is 0.474. The van der Waals surface area contributed by atoms with Crippen LogP contribution in [0.1, 0.15) is 10.4 Å². The van der Waals surface area contributed by atoms with E-state index in [0.717, 1.165) is 22.1 Å². The zero-order chi connectivity index (χ0) is 22.2. The van der Waals surface area contributed by atoms with Crippen molar-refractivity contribution in [1.82, 2.24) is 4.57 Å². The highest BCUT2D eigenvalue weighted by Crippen LogP contribution is 2.22. The van der Waals surface area contributed by atoms with Gasteiger partial charge in [0.1, 0.15) is 6.54 Å². The van der Waals surface area contributed by atoms with Crippen molar-refractivity contribution in [1.29, 1.82) is 0 Å². The zero-order valence-electron chi connectivity index (χ0n) is 16.3. The molecule has 1 heterocycles. The molecule has 0 bridgehead atoms. The molecule has 8 nitrogen and oxygen atoms in total. The highest BCUT2D eigenvalue weighted by Gasteiger charge is 2.16. The number of methoxy groups -OCH3 is 1. The predicted octanol–water partition coefficient (Wildman–Crippen LogP) is 2.42. The lowest BCUT2D eigenvalue weighted by atomic mass is 10.1. The number of carbonyl (C=O) groups is 2. The molecule has 31 heavy (non-hydrogen) atoms. The predicted molar refractivity (Wildman–Crippen MR) is 117 cm³/mol. The maximum atomic E-state index is 12.9. The number of rotatable bonds is 4. The summed E-state index contributed by atoms with van der Waals surface area (Å²) in [7, 11) is -2.65. The normalized spacial score (nSPS) is 12.4. The van der Waals surface area contributed by atoms with Crippen molar-refractivity contribution in [2.45, 2.75) is 11.4 Å². The van der Waals surface area contributed by atoms with Gasteiger partial charge in [0.05, 0.1) is 22.2 Å². The number of carbonyl (C=O) groups excluding carboxylic acids is 2. The average Bonchev–Trinajstić information content (AvgIpc) is 3.08. The first-order chi connectivity index (χ1) is 14.8. The molecule has 0 saturated carbocycles. The Morgan fingerprint density at radius 2 is 1.81 bits per heavy atom. The maximum Gasteiger partial charge on any atom is 0.325 e. The summed E-state index contributed by atoms with van der Waals surface area (Å²) in [6, 6.07) is 17.2. The number of sulfonamides is 1. The van der Waals surface area contributed by atoms with E-state index in [4.69, 9.17) is 9.88 Å². The fraction of sp³-hybridized carbons (Fsp3) is 0.0952. The van der Waals surface area contributed by atoms with E-state index in [1.165, 1.54) is 29.9 Å². The van der Waals surface area contributed by atoms with Gasteiger partial charge in [0.25, 0.3) is 5.91 Å². The van der Waals surface area contributed by atoms with Crippen LogP contribution < -0.4 is 9.94 Å². The third-order valence-electron chi connectivity index (χ3n) is 4.69. The molecule has 4 aromatic rings. The topological polar surface area (TPSA) is 121 Å². The van der Waals surface area contributed by atoms with Crippen molar-refractivity contribution in [2.75, 3.05) is 7.11 Å². The fourth-order valence-electron chi connectivity index (χ4n) is 3.14. The zero-order valence-corrected chi connectivity index (χ0v) is 17.9. The Bertz CT molecular complexity index is 1520. The number of benzene rings is 3. The van der Waals surface area contributed by atoms with E-state index >= 15 is 0 Å². The number of ether oxygens (including phenoxy) is 1. The summed E-state index contributed by atoms with van der Waals surface area (Å²) in [6.07, 6.45) is 0. The van der Waals surface area contributed by atoms with Crippen molar-refractivity contribution in [3.8, 4) is 0 Å². The third-order valence-corrected chi connectivity index (χ3v) is 6.64. The Balaban J connectivity index is 1.86. The van der Waals surface area contributed by atoms with E-state index < -0.39 is 21.9 Å². The van der Waals surface area contributed by atoms with Gasteiger partial charge in [-0.3, -0.25) is 9.59 Å². The molecule has 0 aliphatic carbocycles. The minimum absolute atomic E-state index is 0.0705. The number of hydrogen-bond acceptors (Lipinski definition) is 6. The number of fused-ring (bicyclic) bond motifs is 2. The summed E-state index contributed by atoms with van der Waals surface area (Å²) in [5, 5.41) is 7.12. The van der Waals surface area contributed by atoms with E-state index in [2.05, 4.69) is 4.99 Å². The Morgan fingerprint density at radius 1 is 1.06 bits per heavy atom. The van der Waals surface area contributed by atoms with Gasteiger partial charge in [-0.05, 0) is 41.1 Å². The summed E-state index contributed by atoms with van der Waals surface area (Å²) in [5.41, 5.74) is 0.930. The van der Waals surface area contributed by atoms with Crippen LogP contribution in [0.2, 0.25) is 0 Å². The van der Waals surface area contributed by atoms with Gasteiger partial charge in [-0.2, -0.15) is 4.99 Å². The number of amides is 1. The molecule has 0 aliphatic heterocycles. The first-order valence-electron chi connectivity index (χ1n) is 9.07. The molecule has 0 atom stereocenters. The highest BCUT2D eigenvalue weighted by atomic mass is 32.2. The van der Waals surface area contributed by atoms with Gasteiger partial charge < -0.3 is 9.30 Å². The Labute approximate surface area is 181 Å². The van der Waals surface area contributed by atoms with Crippen molar-refractivity contribution in [3.05, 3.63) is 71.0 Å². The lowest BCUT2D eigenvalue weighted by Crippen LogP contribution is -2.22. The fourth-order valence-corrected chi connectivity index (χ4v) is 4.82. The van der Waals surface area contributed by atoms with Gasteiger partial charge in [-0.25, -0.2) is 13.6 Å². The second kappa shape index (κ2) is 8.06. The molecule has 0 fully saturated rings. The summed E-state index contributed by atoms with van der Waals surface area (Å²) in [6.45, 7) is -0.185. The Kier molecular flexibility index (Phi) is 5.44. The lowest BCUT2D eigenvalue weighted by molar-refractivity contribution is -0.141. The molecule has 158 valence electrons. The molecule has 4 rings (SSSR count). The number of nitrogens with two attached hydrogens (primary N) is 1. The molecular formula is C21H17N3O5S2. The van der Waals surface area contributed by atoms with Crippen molar-refractivity contribution in [2.24, 2.45) is 10.1 Å². The van der Waals surface area contributed by atoms with Gasteiger partial charge >= 0.3 is 5.97 Å². The SMILES string of the molecule is COC(=O)Cn1c(=NC(=O)c2ccc3ccccc3c2)sc2cc(S(N)(=O)=O)ccc21. The van der Waals surface area contributed by atoms with Gasteiger partial charge in [0.2, 0.25) is 10.0 Å². The van der Waals surface area contributed by atoms with Gasteiger partial charge in [0.15, 0.2) is 4.80 Å². The number of thiazole rings is 1. The van der Waals surface area contributed by atoms with Crippen LogP contribution in [0, 0.1) is 0 Å². The molecular weight excluding hydrogens is 438 g/mol. The van der Waals surface area contributed by atoms with Gasteiger partial charge in [-0.1, -0.05) is 41.7 Å². The number of primary sulfonamides is 1. The molecule has 0 unspecified atom stereocenters. The van der Waals surface area contributed by atoms with E-state index in [1.807, 2.05) is 30.3 Å². The molecule has 0 radical (unpaired) electrons. The second-order valence-electron chi connectivity index (χ2n) is 6.70. The number of hydrogen-bond donors (Lipinski definition) is 1. The van der Waals surface area contributed by atoms with E-state index in [1.54, 1.807) is 12.1 Å². The van der Waals surface area contributed by atoms with E-state index in [9.17, 15) is 18.0 Å². The van der Waals surface area contributed by atoms with Crippen LogP contribution in [0.3, 0.4) is 0 Å². The Morgan fingerprint density at radius 3 is 2.52 bits per heavy atom. The van der Waals surface area contributed by atoms with Crippen LogP contribution in [-0.2, 0) is 26.1 Å². The molecule has 0 saturated heterocycles. The minimum atomic E-state index is -3.90. The molecule has 3 aromatic carbocycles. The van der Waals surface area contributed by atoms with Crippen LogP contribution in [0.4, 0.5) is 0 Å². The van der Waals surface area contributed by atoms with Crippen LogP contribution >= 0.6 is 11.3 Å². The van der Waals surface area contributed by atoms with Crippen molar-refractivity contribution in [3.63, 3.8) is 0 Å². The average molecular weight is 456 g/mol. The molecule has 1 aromatic heterocycles. The summed E-state index contributed by atoms with van der Waals surface area (Å²) < 4.78 is 30.1. The number of nitrogens with zero attached hydrogens (tertiary/aromatic N) is 2. The van der Waals surface area contributed by atoms with E-state index in [-0.39, 0.29) is 16.2 Å². The first kappa shape index (κ1) is 20.9. The van der Waals surface area contributed by atoms with Crippen LogP contribution in [0.25, 0.3) is 21.0 Å². The maximum absolute atomic E-state index is 12.9. The molecule has 0 spiro atoms. The van der Waals surface area contributed by atoms with Gasteiger partial charge in [-0.15, -0.1) is 0 Å². The lowest BCUT2D eigenvalue weighted by Gasteiger charge is -2.04. The number of aromatic nitrogens is 1. The Hall–Kier alpha value is -3.34. The third kappa shape index (κ3) is 4.26. The monoisotopic (exact) mass is 455 g/mol. The molecule has 1 amide bonds. The largest absolute Gasteiger partial charge is 0.468 e. The molecule has 0 aliphatic rings. The van der Waals surface area contributed by atoms with E-state index in [0.29, 0.717) is 15.8 Å². The van der Waals surface area contributed by atoms with Crippen molar-refractivity contribution >= 4 is 54.2 Å². The summed E-state index contributed by atoms with van der Waals surface area (Å²) in [5.74, 6) is -1.02. The summed E-state index contributed by atoms with van der Waals surface area (Å²) >= 11 is 1.08. The summed E-state index contributed by atoms with van der Waals surface area (Å²) in [4.78, 5) is 29.2. The van der Waals surface area contributed by atoms with Crippen LogP contribution in [0.15, 0.2) is 70.6 Å². The highest BCUT2D eigenvalue weighted by molar-refractivity contribution is 7.89. The molecule has 10 heteroatoms. The van der Waals surface area contributed by atoms with Crippen LogP contribution in [-0.4, -0.2) is 32.0 Å². The first-order valence-corrected chi connectivity index (χ1v) is 11.4.